The number of hydrogen-bond acceptors (Lipinski definition) is 4. The molecule has 100 valence electrons. The summed E-state index contributed by atoms with van der Waals surface area (Å²) in [7, 11) is 0. The molecule has 0 radical (unpaired) electrons. The molecule has 2 rings (SSSR count). The lowest BCUT2D eigenvalue weighted by Gasteiger charge is -2.29. The van der Waals surface area contributed by atoms with E-state index in [1.165, 1.54) is 12.8 Å². The van der Waals surface area contributed by atoms with Crippen molar-refractivity contribution in [2.45, 2.75) is 39.2 Å². The van der Waals surface area contributed by atoms with Gasteiger partial charge in [-0.25, -0.2) is 4.98 Å². The van der Waals surface area contributed by atoms with Gasteiger partial charge in [-0.1, -0.05) is 6.92 Å². The third-order valence-corrected chi connectivity index (χ3v) is 4.31. The smallest absolute Gasteiger partial charge is 0.303 e. The SMILES string of the molecule is CC1CCN(Cc2nc(CCC(=O)O)cs2)CC1. The number of aryl methyl sites for hydroxylation is 1. The third kappa shape index (κ3) is 4.07. The number of likely N-dealkylation sites (tertiary alicyclic amines) is 1. The summed E-state index contributed by atoms with van der Waals surface area (Å²) in [5.74, 6) is 0.0956. The summed E-state index contributed by atoms with van der Waals surface area (Å²) in [4.78, 5) is 17.4. The number of thiazole rings is 1. The van der Waals surface area contributed by atoms with Gasteiger partial charge in [-0.2, -0.15) is 0 Å². The largest absolute Gasteiger partial charge is 0.481 e. The molecule has 0 atom stereocenters. The second-order valence-electron chi connectivity index (χ2n) is 5.08. The van der Waals surface area contributed by atoms with Crippen LogP contribution in [0, 0.1) is 5.92 Å². The average Bonchev–Trinajstić information content (AvgIpc) is 2.77. The highest BCUT2D eigenvalue weighted by molar-refractivity contribution is 7.09. The van der Waals surface area contributed by atoms with E-state index in [1.807, 2.05) is 5.38 Å². The molecule has 5 heteroatoms. The number of aliphatic carboxylic acids is 1. The van der Waals surface area contributed by atoms with E-state index in [4.69, 9.17) is 5.11 Å². The van der Waals surface area contributed by atoms with Crippen LogP contribution in [-0.2, 0) is 17.8 Å². The molecule has 1 fully saturated rings. The normalized spacial score (nSPS) is 18.1. The van der Waals surface area contributed by atoms with Crippen LogP contribution < -0.4 is 0 Å². The maximum atomic E-state index is 10.5. The van der Waals surface area contributed by atoms with Gasteiger partial charge in [-0.15, -0.1) is 11.3 Å². The Bertz CT molecular complexity index is 397. The van der Waals surface area contributed by atoms with Gasteiger partial charge in [0.15, 0.2) is 0 Å². The van der Waals surface area contributed by atoms with Crippen molar-refractivity contribution in [3.05, 3.63) is 16.1 Å². The van der Waals surface area contributed by atoms with Crippen molar-refractivity contribution in [1.29, 1.82) is 0 Å². The van der Waals surface area contributed by atoms with E-state index in [1.54, 1.807) is 11.3 Å². The molecule has 1 N–H and O–H groups in total. The van der Waals surface area contributed by atoms with Crippen LogP contribution in [0.5, 0.6) is 0 Å². The van der Waals surface area contributed by atoms with Crippen molar-refractivity contribution < 1.29 is 9.90 Å². The molecular formula is C13H20N2O2S. The minimum Gasteiger partial charge on any atom is -0.481 e. The van der Waals surface area contributed by atoms with Crippen molar-refractivity contribution in [1.82, 2.24) is 9.88 Å². The minimum absolute atomic E-state index is 0.171. The van der Waals surface area contributed by atoms with Gasteiger partial charge < -0.3 is 5.11 Å². The van der Waals surface area contributed by atoms with E-state index >= 15 is 0 Å². The van der Waals surface area contributed by atoms with Crippen LogP contribution in [0.1, 0.15) is 36.9 Å². The van der Waals surface area contributed by atoms with Gasteiger partial charge >= 0.3 is 5.97 Å². The van der Waals surface area contributed by atoms with Crippen molar-refractivity contribution in [2.75, 3.05) is 13.1 Å². The predicted octanol–water partition coefficient (Wildman–Crippen LogP) is 2.39. The maximum absolute atomic E-state index is 10.5. The number of hydrogen-bond donors (Lipinski definition) is 1. The summed E-state index contributed by atoms with van der Waals surface area (Å²) in [5.41, 5.74) is 0.919. The zero-order chi connectivity index (χ0) is 13.0. The third-order valence-electron chi connectivity index (χ3n) is 3.43. The van der Waals surface area contributed by atoms with E-state index < -0.39 is 5.97 Å². The first-order chi connectivity index (χ1) is 8.63. The lowest BCUT2D eigenvalue weighted by atomic mass is 9.99. The van der Waals surface area contributed by atoms with Crippen LogP contribution in [0.3, 0.4) is 0 Å². The van der Waals surface area contributed by atoms with Crippen LogP contribution in [-0.4, -0.2) is 34.0 Å². The molecule has 1 aromatic heterocycles. The molecule has 1 aliphatic rings. The van der Waals surface area contributed by atoms with E-state index in [0.717, 1.165) is 36.3 Å². The van der Waals surface area contributed by atoms with E-state index in [9.17, 15) is 4.79 Å². The molecule has 0 saturated carbocycles. The van der Waals surface area contributed by atoms with Crippen LogP contribution in [0.4, 0.5) is 0 Å². The highest BCUT2D eigenvalue weighted by Gasteiger charge is 2.16. The zero-order valence-electron chi connectivity index (χ0n) is 10.8. The molecule has 18 heavy (non-hydrogen) atoms. The second-order valence-corrected chi connectivity index (χ2v) is 6.03. The molecule has 0 bridgehead atoms. The van der Waals surface area contributed by atoms with E-state index in [0.29, 0.717) is 6.42 Å². The number of rotatable bonds is 5. The molecule has 0 unspecified atom stereocenters. The lowest BCUT2D eigenvalue weighted by Crippen LogP contribution is -2.32. The van der Waals surface area contributed by atoms with Crippen LogP contribution >= 0.6 is 11.3 Å². The molecule has 0 aliphatic carbocycles. The quantitative estimate of drug-likeness (QED) is 0.891. The topological polar surface area (TPSA) is 53.4 Å². The number of piperidine rings is 1. The summed E-state index contributed by atoms with van der Waals surface area (Å²) >= 11 is 1.65. The Labute approximate surface area is 112 Å². The van der Waals surface area contributed by atoms with Crippen molar-refractivity contribution in [3.8, 4) is 0 Å². The molecule has 1 saturated heterocycles. The van der Waals surface area contributed by atoms with Gasteiger partial charge in [0.05, 0.1) is 18.7 Å². The van der Waals surface area contributed by atoms with Crippen LogP contribution in [0.15, 0.2) is 5.38 Å². The average molecular weight is 268 g/mol. The van der Waals surface area contributed by atoms with Gasteiger partial charge in [0.25, 0.3) is 0 Å². The molecule has 1 aliphatic heterocycles. The zero-order valence-corrected chi connectivity index (χ0v) is 11.6. The second kappa shape index (κ2) is 6.29. The summed E-state index contributed by atoms with van der Waals surface area (Å²) in [6.45, 7) is 5.55. The Morgan fingerprint density at radius 1 is 1.56 bits per heavy atom. The van der Waals surface area contributed by atoms with Gasteiger partial charge in [-0.3, -0.25) is 9.69 Å². The molecule has 1 aromatic rings. The fourth-order valence-corrected chi connectivity index (χ4v) is 3.05. The number of carboxylic acid groups (broad SMARTS) is 1. The minimum atomic E-state index is -0.755. The van der Waals surface area contributed by atoms with Crippen LogP contribution in [0.2, 0.25) is 0 Å². The van der Waals surface area contributed by atoms with Crippen molar-refractivity contribution >= 4 is 17.3 Å². The number of aromatic nitrogens is 1. The highest BCUT2D eigenvalue weighted by Crippen LogP contribution is 2.20. The Morgan fingerprint density at radius 3 is 2.94 bits per heavy atom. The molecule has 2 heterocycles. The number of nitrogens with zero attached hydrogens (tertiary/aromatic N) is 2. The van der Waals surface area contributed by atoms with Gasteiger partial charge in [0.1, 0.15) is 5.01 Å². The van der Waals surface area contributed by atoms with Gasteiger partial charge in [0.2, 0.25) is 0 Å². The Hall–Kier alpha value is -0.940. The van der Waals surface area contributed by atoms with Crippen molar-refractivity contribution in [2.24, 2.45) is 5.92 Å². The Balaban J connectivity index is 1.81. The van der Waals surface area contributed by atoms with Crippen molar-refractivity contribution in [3.63, 3.8) is 0 Å². The first-order valence-corrected chi connectivity index (χ1v) is 7.39. The van der Waals surface area contributed by atoms with E-state index in [-0.39, 0.29) is 6.42 Å². The molecular weight excluding hydrogens is 248 g/mol. The van der Waals surface area contributed by atoms with E-state index in [2.05, 4.69) is 16.8 Å². The number of carbonyl (C=O) groups is 1. The summed E-state index contributed by atoms with van der Waals surface area (Å²) in [6.07, 6.45) is 3.27. The predicted molar refractivity (Wildman–Crippen MR) is 71.7 cm³/mol. The maximum Gasteiger partial charge on any atom is 0.303 e. The fourth-order valence-electron chi connectivity index (χ4n) is 2.18. The van der Waals surface area contributed by atoms with Crippen LogP contribution in [0.25, 0.3) is 0 Å². The molecule has 0 amide bonds. The molecule has 0 spiro atoms. The molecule has 0 aromatic carbocycles. The first-order valence-electron chi connectivity index (χ1n) is 6.51. The summed E-state index contributed by atoms with van der Waals surface area (Å²) in [5, 5.41) is 11.7. The fraction of sp³-hybridized carbons (Fsp3) is 0.692. The highest BCUT2D eigenvalue weighted by atomic mass is 32.1. The Kier molecular flexibility index (Phi) is 4.72. The summed E-state index contributed by atoms with van der Waals surface area (Å²) in [6, 6.07) is 0. The molecule has 4 nitrogen and oxygen atoms in total. The monoisotopic (exact) mass is 268 g/mol. The number of carboxylic acids is 1. The standard InChI is InChI=1S/C13H20N2O2S/c1-10-4-6-15(7-5-10)8-12-14-11(9-18-12)2-3-13(16)17/h9-10H,2-8H2,1H3,(H,16,17). The first kappa shape index (κ1) is 13.5. The van der Waals surface area contributed by atoms with Gasteiger partial charge in [0, 0.05) is 11.8 Å². The van der Waals surface area contributed by atoms with Gasteiger partial charge in [-0.05, 0) is 31.8 Å². The Morgan fingerprint density at radius 2 is 2.28 bits per heavy atom. The summed E-state index contributed by atoms with van der Waals surface area (Å²) < 4.78 is 0. The lowest BCUT2D eigenvalue weighted by molar-refractivity contribution is -0.136.